The first-order chi connectivity index (χ1) is 24.2. The van der Waals surface area contributed by atoms with E-state index in [2.05, 4.69) is 222 Å². The number of hydrogen-bond acceptors (Lipinski definition) is 0. The Kier molecular flexibility index (Phi) is 14.6. The highest BCUT2D eigenvalue weighted by molar-refractivity contribution is 7.22. The number of rotatable bonds is 14. The molecule has 11 heteroatoms. The van der Waals surface area contributed by atoms with Crippen LogP contribution in [0.2, 0.25) is 177 Å². The summed E-state index contributed by atoms with van der Waals surface area (Å²) in [7, 11) is -10.5. The minimum Gasteiger partial charge on any atom is -0.0693 e. The van der Waals surface area contributed by atoms with Gasteiger partial charge in [0.2, 0.25) is 0 Å². The topological polar surface area (TPSA) is 0 Å². The van der Waals surface area contributed by atoms with Crippen molar-refractivity contribution in [2.75, 3.05) is 0 Å². The minimum atomic E-state index is -1.95. The molecule has 0 aromatic heterocycles. The largest absolute Gasteiger partial charge is 0.0718 e. The van der Waals surface area contributed by atoms with Crippen molar-refractivity contribution in [3.8, 4) is 0 Å². The van der Waals surface area contributed by atoms with Crippen molar-refractivity contribution >= 4 is 99.1 Å². The highest BCUT2D eigenvalue weighted by Gasteiger charge is 2.67. The Balaban J connectivity index is 4.15. The third-order valence-electron chi connectivity index (χ3n) is 14.7. The van der Waals surface area contributed by atoms with Gasteiger partial charge in [-0.25, -0.2) is 0 Å². The van der Waals surface area contributed by atoms with Crippen LogP contribution in [0, 0.1) is 20.8 Å². The van der Waals surface area contributed by atoms with Crippen molar-refractivity contribution in [3.63, 3.8) is 0 Å². The Morgan fingerprint density at radius 1 is 0.339 bits per heavy atom. The van der Waals surface area contributed by atoms with Crippen LogP contribution in [0.15, 0.2) is 24.3 Å². The van der Waals surface area contributed by atoms with Gasteiger partial charge in [0, 0.05) is 72.7 Å². The molecule has 0 amide bonds. The average molecular weight is 927 g/mol. The van der Waals surface area contributed by atoms with E-state index in [9.17, 15) is 0 Å². The minimum absolute atomic E-state index is 0.211. The molecular weight excluding hydrogens is 832 g/mol. The van der Waals surface area contributed by atoms with Crippen LogP contribution in [-0.2, 0) is 12.9 Å². The molecule has 0 nitrogen and oxygen atoms in total. The molecule has 0 saturated heterocycles. The molecule has 0 saturated carbocycles. The lowest BCUT2D eigenvalue weighted by Gasteiger charge is -2.65. The molecule has 2 aromatic rings. The average Bonchev–Trinajstić information content (AvgIpc) is 2.80. The van der Waals surface area contributed by atoms with Crippen LogP contribution in [0.5, 0.6) is 0 Å². The molecule has 56 heavy (non-hydrogen) atoms. The Bertz CT molecular complexity index is 1550. The maximum absolute atomic E-state index is 8.46. The third kappa shape index (κ3) is 8.07. The highest BCUT2D eigenvalue weighted by atomic mass is 28.5. The predicted molar refractivity (Wildman–Crippen MR) is 293 cm³/mol. The van der Waals surface area contributed by atoms with Crippen molar-refractivity contribution in [1.82, 2.24) is 0 Å². The molecule has 0 heterocycles. The van der Waals surface area contributed by atoms with Crippen LogP contribution < -0.4 is 10.4 Å². The first kappa shape index (κ1) is 52.8. The Morgan fingerprint density at radius 3 is 0.750 bits per heavy atom. The van der Waals surface area contributed by atoms with E-state index < -0.39 is 81.3 Å². The Morgan fingerprint density at radius 2 is 0.554 bits per heavy atom. The molecule has 0 fully saturated rings. The monoisotopic (exact) mass is 926 g/mol. The summed E-state index contributed by atoms with van der Waals surface area (Å²) in [6.07, 6.45) is 0. The lowest BCUT2D eigenvalue weighted by molar-refractivity contribution is 0.949. The van der Waals surface area contributed by atoms with Crippen molar-refractivity contribution in [2.45, 2.75) is 210 Å². The van der Waals surface area contributed by atoms with E-state index in [1.807, 2.05) is 11.1 Å². The quantitative estimate of drug-likeness (QED) is 0.166. The maximum atomic E-state index is 8.46. The summed E-state index contributed by atoms with van der Waals surface area (Å²) in [4.78, 5) is 0. The standard InChI is InChI=1S/C45H94BSi10/c1-35-31-36(2)41(37(3)32-35)47(46)42-39(44(51(13,14)15,52(16,17)18)53(19,20)21)33-38(43(48(4,5)6,49(7,8)9)50(10,11)12)34-40(42)45(54(22,23)24,55(25,26)27)56(28,29)30/h31-34H,1-30H3. The van der Waals surface area contributed by atoms with Gasteiger partial charge in [-0.15, -0.1) is 0 Å². The van der Waals surface area contributed by atoms with Crippen molar-refractivity contribution in [3.05, 3.63) is 57.6 Å². The summed E-state index contributed by atoms with van der Waals surface area (Å²) in [5.74, 6) is 0. The lowest BCUT2D eigenvalue weighted by atomic mass is 10.1. The third-order valence-corrected chi connectivity index (χ3v) is 80.4. The van der Waals surface area contributed by atoms with Gasteiger partial charge in [0.1, 0.15) is 0 Å². The van der Waals surface area contributed by atoms with E-state index in [1.165, 1.54) is 21.9 Å². The second-order valence-electron chi connectivity index (χ2n) is 27.6. The molecular formula is C45H94BSi10. The summed E-state index contributed by atoms with van der Waals surface area (Å²) in [5.41, 5.74) is 9.63. The van der Waals surface area contributed by atoms with Crippen molar-refractivity contribution in [1.29, 1.82) is 0 Å². The fourth-order valence-electron chi connectivity index (χ4n) is 17.3. The SMILES string of the molecule is [B][Si](c1c(C)cc(C)cc1C)c1c(C([Si](C)(C)C)([Si](C)(C)C)[Si](C)(C)C)cc(C([Si](C)(C)C)([Si](C)(C)C)[Si](C)(C)C)cc1C([Si](C)(C)C)([Si](C)(C)C)[Si](C)(C)C. The molecule has 0 aliphatic heterocycles. The molecule has 0 spiro atoms. The summed E-state index contributed by atoms with van der Waals surface area (Å²) >= 11 is 0. The zero-order valence-electron chi connectivity index (χ0n) is 43.4. The van der Waals surface area contributed by atoms with Crippen molar-refractivity contribution in [2.24, 2.45) is 0 Å². The van der Waals surface area contributed by atoms with Crippen LogP contribution >= 0.6 is 0 Å². The number of hydrogen-bond donors (Lipinski definition) is 0. The van der Waals surface area contributed by atoms with E-state index in [-0.39, 0.29) is 12.9 Å². The maximum Gasteiger partial charge on any atom is 0.0718 e. The van der Waals surface area contributed by atoms with Crippen LogP contribution in [0.3, 0.4) is 0 Å². The predicted octanol–water partition coefficient (Wildman–Crippen LogP) is 13.5. The normalized spacial score (nSPS) is 15.6. The zero-order chi connectivity index (χ0) is 45.0. The molecule has 0 unspecified atom stereocenters. The van der Waals surface area contributed by atoms with E-state index >= 15 is 0 Å². The molecule has 0 aliphatic carbocycles. The highest BCUT2D eigenvalue weighted by Crippen LogP contribution is 2.56. The van der Waals surface area contributed by atoms with E-state index in [0.717, 1.165) is 0 Å². The van der Waals surface area contributed by atoms with Crippen molar-refractivity contribution < 1.29 is 0 Å². The Labute approximate surface area is 364 Å². The summed E-state index contributed by atoms with van der Waals surface area (Å²) in [6, 6.07) is 11.0. The summed E-state index contributed by atoms with van der Waals surface area (Å²) < 4.78 is 0.701. The van der Waals surface area contributed by atoms with Gasteiger partial charge in [-0.2, -0.15) is 0 Å². The molecule has 317 valence electrons. The van der Waals surface area contributed by atoms with Crippen LogP contribution in [0.1, 0.15) is 33.4 Å². The number of benzene rings is 2. The summed E-state index contributed by atoms with van der Waals surface area (Å²) in [6.45, 7) is 82.2. The van der Waals surface area contributed by atoms with Crippen LogP contribution in [-0.4, -0.2) is 88.8 Å². The molecule has 2 aromatic carbocycles. The molecule has 0 bridgehead atoms. The van der Waals surface area contributed by atoms with E-state index in [1.54, 1.807) is 10.8 Å². The first-order valence-corrected chi connectivity index (χ1v) is 55.2. The van der Waals surface area contributed by atoms with Gasteiger partial charge in [-0.05, 0) is 39.2 Å². The number of aryl methyl sites for hydroxylation is 3. The van der Waals surface area contributed by atoms with Gasteiger partial charge in [0.25, 0.3) is 0 Å². The van der Waals surface area contributed by atoms with Gasteiger partial charge >= 0.3 is 0 Å². The first-order valence-electron chi connectivity index (χ1n) is 22.1. The Hall–Kier alpha value is 0.674. The fraction of sp³-hybridized carbons (Fsp3) is 0.733. The molecule has 2 rings (SSSR count). The second kappa shape index (κ2) is 15.5. The smallest absolute Gasteiger partial charge is 0.0693 e. The zero-order valence-corrected chi connectivity index (χ0v) is 53.4. The summed E-state index contributed by atoms with van der Waals surface area (Å²) in [5, 5.41) is 3.21. The molecule has 3 radical (unpaired) electrons. The van der Waals surface area contributed by atoms with E-state index in [0.29, 0.717) is 0 Å². The van der Waals surface area contributed by atoms with Gasteiger partial charge in [-0.3, -0.25) is 0 Å². The molecule has 0 atom stereocenters. The van der Waals surface area contributed by atoms with Crippen LogP contribution in [0.25, 0.3) is 0 Å². The van der Waals surface area contributed by atoms with E-state index in [4.69, 9.17) is 7.44 Å². The van der Waals surface area contributed by atoms with Gasteiger partial charge in [0.15, 0.2) is 0 Å². The molecule has 0 N–H and O–H groups in total. The van der Waals surface area contributed by atoms with Gasteiger partial charge in [-0.1, -0.05) is 239 Å². The molecule has 0 aliphatic rings. The lowest BCUT2D eigenvalue weighted by Crippen LogP contribution is -2.79. The fourth-order valence-corrected chi connectivity index (χ4v) is 110. The van der Waals surface area contributed by atoms with Gasteiger partial charge < -0.3 is 0 Å². The van der Waals surface area contributed by atoms with Gasteiger partial charge in [0.05, 0.1) is 16.1 Å². The second-order valence-corrected chi connectivity index (χ2v) is 81.2. The van der Waals surface area contributed by atoms with Crippen LogP contribution in [0.4, 0.5) is 0 Å².